The molecule has 1 atom stereocenters. The molecule has 1 aliphatic rings. The van der Waals surface area contributed by atoms with Crippen molar-refractivity contribution >= 4 is 5.97 Å². The molecule has 3 heteroatoms. The second-order valence-corrected chi connectivity index (χ2v) is 4.50. The van der Waals surface area contributed by atoms with Gasteiger partial charge in [-0.2, -0.15) is 0 Å². The van der Waals surface area contributed by atoms with E-state index in [1.165, 1.54) is 31.9 Å². The van der Waals surface area contributed by atoms with Gasteiger partial charge in [0.1, 0.15) is 0 Å². The zero-order chi connectivity index (χ0) is 12.1. The first-order valence-electron chi connectivity index (χ1n) is 6.18. The molecule has 0 aromatic heterocycles. The molecule has 1 N–H and O–H groups in total. The van der Waals surface area contributed by atoms with E-state index < -0.39 is 0 Å². The molecular formula is C14H19NO2. The van der Waals surface area contributed by atoms with Gasteiger partial charge in [0.05, 0.1) is 13.5 Å². The lowest BCUT2D eigenvalue weighted by molar-refractivity contribution is -0.139. The van der Waals surface area contributed by atoms with Crippen molar-refractivity contribution in [1.82, 2.24) is 5.32 Å². The van der Waals surface area contributed by atoms with Crippen LogP contribution in [-0.4, -0.2) is 19.6 Å². The van der Waals surface area contributed by atoms with Crippen LogP contribution in [0.3, 0.4) is 0 Å². The Hall–Kier alpha value is -1.35. The third-order valence-corrected chi connectivity index (χ3v) is 3.27. The highest BCUT2D eigenvalue weighted by atomic mass is 16.5. The van der Waals surface area contributed by atoms with Gasteiger partial charge in [0, 0.05) is 6.04 Å². The number of methoxy groups -OCH3 is 1. The van der Waals surface area contributed by atoms with Crippen LogP contribution in [0.25, 0.3) is 0 Å². The molecule has 2 rings (SSSR count). The summed E-state index contributed by atoms with van der Waals surface area (Å²) < 4.78 is 4.65. The number of hydrogen-bond acceptors (Lipinski definition) is 3. The van der Waals surface area contributed by atoms with E-state index in [1.54, 1.807) is 0 Å². The van der Waals surface area contributed by atoms with Crippen LogP contribution in [0.4, 0.5) is 0 Å². The SMILES string of the molecule is COC(=O)Cc1ccc([C@@H]2CCCCN2)cc1. The number of rotatable bonds is 3. The lowest BCUT2D eigenvalue weighted by atomic mass is 9.96. The minimum atomic E-state index is -0.187. The van der Waals surface area contributed by atoms with Crippen LogP contribution in [0, 0.1) is 0 Å². The molecule has 1 aromatic rings. The Morgan fingerprint density at radius 2 is 2.12 bits per heavy atom. The monoisotopic (exact) mass is 233 g/mol. The summed E-state index contributed by atoms with van der Waals surface area (Å²) in [5.41, 5.74) is 2.33. The van der Waals surface area contributed by atoms with Crippen LogP contribution in [0.15, 0.2) is 24.3 Å². The second kappa shape index (κ2) is 5.82. The zero-order valence-corrected chi connectivity index (χ0v) is 10.2. The molecule has 1 saturated heterocycles. The summed E-state index contributed by atoms with van der Waals surface area (Å²) in [4.78, 5) is 11.1. The Morgan fingerprint density at radius 3 is 2.71 bits per heavy atom. The maximum atomic E-state index is 11.1. The lowest BCUT2D eigenvalue weighted by Crippen LogP contribution is -2.26. The summed E-state index contributed by atoms with van der Waals surface area (Å²) in [5.74, 6) is -0.187. The summed E-state index contributed by atoms with van der Waals surface area (Å²) in [6.45, 7) is 1.11. The highest BCUT2D eigenvalue weighted by molar-refractivity contribution is 5.72. The topological polar surface area (TPSA) is 38.3 Å². The maximum Gasteiger partial charge on any atom is 0.309 e. The average molecular weight is 233 g/mol. The van der Waals surface area contributed by atoms with Crippen molar-refractivity contribution in [3.63, 3.8) is 0 Å². The molecule has 0 amide bonds. The van der Waals surface area contributed by atoms with Crippen molar-refractivity contribution in [2.24, 2.45) is 0 Å². The minimum Gasteiger partial charge on any atom is -0.469 e. The highest BCUT2D eigenvalue weighted by Crippen LogP contribution is 2.23. The van der Waals surface area contributed by atoms with E-state index in [1.807, 2.05) is 12.1 Å². The Kier molecular flexibility index (Phi) is 4.15. The van der Waals surface area contributed by atoms with E-state index >= 15 is 0 Å². The molecule has 0 aliphatic carbocycles. The van der Waals surface area contributed by atoms with Crippen molar-refractivity contribution in [2.75, 3.05) is 13.7 Å². The van der Waals surface area contributed by atoms with Crippen molar-refractivity contribution in [1.29, 1.82) is 0 Å². The fourth-order valence-corrected chi connectivity index (χ4v) is 2.24. The number of nitrogens with one attached hydrogen (secondary N) is 1. The van der Waals surface area contributed by atoms with Gasteiger partial charge in [0.2, 0.25) is 0 Å². The standard InChI is InChI=1S/C14H19NO2/c1-17-14(16)10-11-5-7-12(8-6-11)13-4-2-3-9-15-13/h5-8,13,15H,2-4,9-10H2,1H3/t13-/m0/s1. The number of piperidine rings is 1. The van der Waals surface area contributed by atoms with E-state index in [-0.39, 0.29) is 5.97 Å². The summed E-state index contributed by atoms with van der Waals surface area (Å²) in [6, 6.07) is 8.74. The zero-order valence-electron chi connectivity index (χ0n) is 10.2. The minimum absolute atomic E-state index is 0.187. The molecule has 0 unspecified atom stereocenters. The first-order valence-corrected chi connectivity index (χ1v) is 6.18. The van der Waals surface area contributed by atoms with E-state index in [0.717, 1.165) is 12.1 Å². The third-order valence-electron chi connectivity index (χ3n) is 3.27. The van der Waals surface area contributed by atoms with Crippen LogP contribution in [-0.2, 0) is 16.0 Å². The number of ether oxygens (including phenoxy) is 1. The van der Waals surface area contributed by atoms with Gasteiger partial charge < -0.3 is 10.1 Å². The lowest BCUT2D eigenvalue weighted by Gasteiger charge is -2.23. The average Bonchev–Trinajstić information content (AvgIpc) is 2.40. The van der Waals surface area contributed by atoms with Crippen molar-refractivity contribution in [3.05, 3.63) is 35.4 Å². The Morgan fingerprint density at radius 1 is 1.35 bits per heavy atom. The molecule has 0 bridgehead atoms. The molecule has 17 heavy (non-hydrogen) atoms. The molecule has 0 radical (unpaired) electrons. The van der Waals surface area contributed by atoms with E-state index in [2.05, 4.69) is 22.2 Å². The molecule has 1 heterocycles. The molecule has 3 nitrogen and oxygen atoms in total. The van der Waals surface area contributed by atoms with Gasteiger partial charge in [-0.25, -0.2) is 0 Å². The van der Waals surface area contributed by atoms with Crippen molar-refractivity contribution in [2.45, 2.75) is 31.7 Å². The number of esters is 1. The predicted octanol–water partition coefficient (Wildman–Crippen LogP) is 2.22. The Balaban J connectivity index is 1.99. The molecule has 92 valence electrons. The largest absolute Gasteiger partial charge is 0.469 e. The predicted molar refractivity (Wildman–Crippen MR) is 66.8 cm³/mol. The number of hydrogen-bond donors (Lipinski definition) is 1. The van der Waals surface area contributed by atoms with Crippen molar-refractivity contribution in [3.8, 4) is 0 Å². The quantitative estimate of drug-likeness (QED) is 0.813. The molecule has 1 aliphatic heterocycles. The van der Waals surface area contributed by atoms with Gasteiger partial charge in [-0.3, -0.25) is 4.79 Å². The molecule has 1 aromatic carbocycles. The normalized spacial score (nSPS) is 19.9. The Bertz CT molecular complexity index is 366. The van der Waals surface area contributed by atoms with Gasteiger partial charge in [-0.05, 0) is 30.5 Å². The third kappa shape index (κ3) is 3.30. The van der Waals surface area contributed by atoms with Crippen molar-refractivity contribution < 1.29 is 9.53 Å². The summed E-state index contributed by atoms with van der Waals surface area (Å²) in [5, 5.41) is 3.52. The van der Waals surface area contributed by atoms with Crippen LogP contribution in [0.2, 0.25) is 0 Å². The summed E-state index contributed by atoms with van der Waals surface area (Å²) in [7, 11) is 1.42. The van der Waals surface area contributed by atoms with Crippen LogP contribution < -0.4 is 5.32 Å². The van der Waals surface area contributed by atoms with Crippen LogP contribution in [0.1, 0.15) is 36.4 Å². The van der Waals surface area contributed by atoms with E-state index in [0.29, 0.717) is 12.5 Å². The Labute approximate surface area is 102 Å². The van der Waals surface area contributed by atoms with Crippen LogP contribution in [0.5, 0.6) is 0 Å². The van der Waals surface area contributed by atoms with E-state index in [4.69, 9.17) is 0 Å². The number of benzene rings is 1. The van der Waals surface area contributed by atoms with Gasteiger partial charge >= 0.3 is 5.97 Å². The van der Waals surface area contributed by atoms with Gasteiger partial charge in [-0.15, -0.1) is 0 Å². The molecule has 0 spiro atoms. The first-order chi connectivity index (χ1) is 8.29. The maximum absolute atomic E-state index is 11.1. The molecular weight excluding hydrogens is 214 g/mol. The van der Waals surface area contributed by atoms with Gasteiger partial charge in [0.15, 0.2) is 0 Å². The fourth-order valence-electron chi connectivity index (χ4n) is 2.24. The first kappa shape index (κ1) is 12.1. The van der Waals surface area contributed by atoms with Gasteiger partial charge in [0.25, 0.3) is 0 Å². The molecule has 0 saturated carbocycles. The summed E-state index contributed by atoms with van der Waals surface area (Å²) in [6.07, 6.45) is 4.13. The van der Waals surface area contributed by atoms with E-state index in [9.17, 15) is 4.79 Å². The summed E-state index contributed by atoms with van der Waals surface area (Å²) >= 11 is 0. The van der Waals surface area contributed by atoms with Gasteiger partial charge in [-0.1, -0.05) is 30.7 Å². The van der Waals surface area contributed by atoms with Crippen LogP contribution >= 0.6 is 0 Å². The smallest absolute Gasteiger partial charge is 0.309 e. The fraction of sp³-hybridized carbons (Fsp3) is 0.500. The second-order valence-electron chi connectivity index (χ2n) is 4.50. The molecule has 1 fully saturated rings. The number of carbonyl (C=O) groups excluding carboxylic acids is 1. The number of carbonyl (C=O) groups is 1. The highest BCUT2D eigenvalue weighted by Gasteiger charge is 2.14.